The molecule has 0 aromatic carbocycles. The lowest BCUT2D eigenvalue weighted by atomic mass is 10.1. The van der Waals surface area contributed by atoms with Gasteiger partial charge in [0.2, 0.25) is 0 Å². The van der Waals surface area contributed by atoms with Gasteiger partial charge in [-0.25, -0.2) is 0 Å². The Balaban J connectivity index is 4.77. The van der Waals surface area contributed by atoms with Crippen molar-refractivity contribution in [1.82, 2.24) is 4.90 Å². The molecular weight excluding hydrogens is 264 g/mol. The van der Waals surface area contributed by atoms with Crippen LogP contribution in [0.25, 0.3) is 0 Å². The van der Waals surface area contributed by atoms with E-state index in [4.69, 9.17) is 11.1 Å². The van der Waals surface area contributed by atoms with E-state index >= 15 is 0 Å². The number of halogens is 6. The van der Waals surface area contributed by atoms with Crippen LogP contribution in [0, 0.1) is 11.3 Å². The molecule has 0 spiro atoms. The number of amidine groups is 1. The maximum absolute atomic E-state index is 12.5. The van der Waals surface area contributed by atoms with Crippen LogP contribution in [0.5, 0.6) is 0 Å². The zero-order valence-corrected chi connectivity index (χ0v) is 9.70. The lowest BCUT2D eigenvalue weighted by Crippen LogP contribution is -2.46. The Kier molecular flexibility index (Phi) is 5.91. The molecule has 3 nitrogen and oxygen atoms in total. The highest BCUT2D eigenvalue weighted by atomic mass is 19.4. The van der Waals surface area contributed by atoms with Crippen LogP contribution >= 0.6 is 0 Å². The minimum Gasteiger partial charge on any atom is -0.387 e. The maximum Gasteiger partial charge on any atom is 0.401 e. The predicted molar refractivity (Wildman–Crippen MR) is 54.2 cm³/mol. The van der Waals surface area contributed by atoms with Crippen molar-refractivity contribution in [3.63, 3.8) is 0 Å². The van der Waals surface area contributed by atoms with Crippen molar-refractivity contribution in [2.45, 2.75) is 25.7 Å². The zero-order chi connectivity index (χ0) is 14.6. The fourth-order valence-electron chi connectivity index (χ4n) is 1.44. The van der Waals surface area contributed by atoms with Crippen LogP contribution in [0.2, 0.25) is 0 Å². The molecule has 0 rings (SSSR count). The van der Waals surface area contributed by atoms with Gasteiger partial charge in [-0.05, 0) is 13.0 Å². The van der Waals surface area contributed by atoms with Crippen molar-refractivity contribution in [2.24, 2.45) is 11.7 Å². The lowest BCUT2D eigenvalue weighted by Gasteiger charge is -2.28. The molecule has 0 amide bonds. The van der Waals surface area contributed by atoms with Gasteiger partial charge in [-0.1, -0.05) is 6.92 Å². The molecule has 0 saturated heterocycles. The largest absolute Gasteiger partial charge is 0.401 e. The summed E-state index contributed by atoms with van der Waals surface area (Å²) in [4.78, 5) is 0.611. The van der Waals surface area contributed by atoms with Crippen LogP contribution in [0.1, 0.15) is 13.3 Å². The third-order valence-corrected chi connectivity index (χ3v) is 2.15. The van der Waals surface area contributed by atoms with Crippen molar-refractivity contribution in [1.29, 1.82) is 5.41 Å². The molecule has 1 unspecified atom stereocenters. The highest BCUT2D eigenvalue weighted by Crippen LogP contribution is 2.28. The summed E-state index contributed by atoms with van der Waals surface area (Å²) in [5, 5.41) is 6.81. The van der Waals surface area contributed by atoms with Gasteiger partial charge < -0.3 is 5.73 Å². The fourth-order valence-corrected chi connectivity index (χ4v) is 1.44. The summed E-state index contributed by atoms with van der Waals surface area (Å²) in [6.45, 7) is -0.980. The van der Waals surface area contributed by atoms with E-state index in [0.717, 1.165) is 0 Å². The third kappa shape index (κ3) is 6.67. The number of alkyl halides is 6. The standard InChI is InChI=1S/C9H15F6N3/c1-2-3-18(5-8(10,11)12)4-6(7(16)17)9(13,14)15/h6H,2-5H2,1H3,(H3,16,17). The number of nitrogens with two attached hydrogens (primary N) is 1. The van der Waals surface area contributed by atoms with Gasteiger partial charge in [-0.15, -0.1) is 0 Å². The molecule has 0 aliphatic rings. The summed E-state index contributed by atoms with van der Waals surface area (Å²) < 4.78 is 73.9. The second-order valence-electron chi connectivity index (χ2n) is 3.90. The number of hydrogen-bond acceptors (Lipinski definition) is 2. The molecule has 18 heavy (non-hydrogen) atoms. The van der Waals surface area contributed by atoms with Crippen LogP contribution in [-0.2, 0) is 0 Å². The second kappa shape index (κ2) is 6.26. The molecule has 0 radical (unpaired) electrons. The van der Waals surface area contributed by atoms with Gasteiger partial charge in [0, 0.05) is 6.54 Å². The Labute approximate surface area is 100 Å². The smallest absolute Gasteiger partial charge is 0.387 e. The molecule has 0 aromatic rings. The van der Waals surface area contributed by atoms with Crippen LogP contribution in [0.3, 0.4) is 0 Å². The van der Waals surface area contributed by atoms with Crippen LogP contribution in [-0.4, -0.2) is 42.7 Å². The molecule has 1 atom stereocenters. The number of nitrogens with one attached hydrogen (secondary N) is 1. The molecule has 0 fully saturated rings. The summed E-state index contributed by atoms with van der Waals surface area (Å²) in [6, 6.07) is 0. The fraction of sp³-hybridized carbons (Fsp3) is 0.889. The average molecular weight is 279 g/mol. The molecule has 108 valence electrons. The Morgan fingerprint density at radius 2 is 1.72 bits per heavy atom. The van der Waals surface area contributed by atoms with Gasteiger partial charge in [0.15, 0.2) is 0 Å². The zero-order valence-electron chi connectivity index (χ0n) is 9.70. The third-order valence-electron chi connectivity index (χ3n) is 2.15. The van der Waals surface area contributed by atoms with E-state index in [9.17, 15) is 26.3 Å². The SMILES string of the molecule is CCCN(CC(C(=N)N)C(F)(F)F)CC(F)(F)F. The van der Waals surface area contributed by atoms with Crippen LogP contribution in [0.15, 0.2) is 0 Å². The van der Waals surface area contributed by atoms with Crippen molar-refractivity contribution >= 4 is 5.84 Å². The van der Waals surface area contributed by atoms with E-state index in [2.05, 4.69) is 0 Å². The molecule has 0 aliphatic carbocycles. The number of rotatable bonds is 6. The molecule has 3 N–H and O–H groups in total. The van der Waals surface area contributed by atoms with Crippen molar-refractivity contribution < 1.29 is 26.3 Å². The van der Waals surface area contributed by atoms with Crippen molar-refractivity contribution in [2.75, 3.05) is 19.6 Å². The van der Waals surface area contributed by atoms with E-state index in [1.54, 1.807) is 6.92 Å². The Morgan fingerprint density at radius 1 is 1.22 bits per heavy atom. The predicted octanol–water partition coefficient (Wildman–Crippen LogP) is 2.38. The van der Waals surface area contributed by atoms with Gasteiger partial charge in [-0.3, -0.25) is 10.3 Å². The highest BCUT2D eigenvalue weighted by molar-refractivity contribution is 5.80. The first-order valence-electron chi connectivity index (χ1n) is 5.17. The summed E-state index contributed by atoms with van der Waals surface area (Å²) in [5.41, 5.74) is 4.79. The van der Waals surface area contributed by atoms with Gasteiger partial charge in [0.1, 0.15) is 11.8 Å². The van der Waals surface area contributed by atoms with E-state index in [1.807, 2.05) is 0 Å². The van der Waals surface area contributed by atoms with Gasteiger partial charge in [0.05, 0.1) is 6.54 Å². The minimum absolute atomic E-state index is 0.140. The first-order chi connectivity index (χ1) is 7.97. The summed E-state index contributed by atoms with van der Waals surface area (Å²) in [5.74, 6) is -3.54. The monoisotopic (exact) mass is 279 g/mol. The summed E-state index contributed by atoms with van der Waals surface area (Å²) in [6.07, 6.45) is -9.12. The number of hydrogen-bond donors (Lipinski definition) is 2. The molecule has 0 heterocycles. The molecule has 0 aromatic heterocycles. The number of nitrogens with zero attached hydrogens (tertiary/aromatic N) is 1. The van der Waals surface area contributed by atoms with Crippen molar-refractivity contribution in [3.8, 4) is 0 Å². The van der Waals surface area contributed by atoms with Crippen LogP contribution in [0.4, 0.5) is 26.3 Å². The highest BCUT2D eigenvalue weighted by Gasteiger charge is 2.44. The Bertz CT molecular complexity index is 272. The first-order valence-corrected chi connectivity index (χ1v) is 5.17. The molecule has 0 aliphatic heterocycles. The van der Waals surface area contributed by atoms with Crippen molar-refractivity contribution in [3.05, 3.63) is 0 Å². The average Bonchev–Trinajstić information content (AvgIpc) is 2.09. The van der Waals surface area contributed by atoms with Gasteiger partial charge in [0.25, 0.3) is 0 Å². The topological polar surface area (TPSA) is 53.1 Å². The Morgan fingerprint density at radius 3 is 2.00 bits per heavy atom. The maximum atomic E-state index is 12.5. The van der Waals surface area contributed by atoms with E-state index < -0.39 is 37.2 Å². The second-order valence-corrected chi connectivity index (χ2v) is 3.90. The molecule has 0 bridgehead atoms. The van der Waals surface area contributed by atoms with Crippen LogP contribution < -0.4 is 5.73 Å². The van der Waals surface area contributed by atoms with Gasteiger partial charge >= 0.3 is 12.4 Å². The first kappa shape index (κ1) is 17.0. The summed E-state index contributed by atoms with van der Waals surface area (Å²) in [7, 11) is 0. The lowest BCUT2D eigenvalue weighted by molar-refractivity contribution is -0.174. The van der Waals surface area contributed by atoms with E-state index in [0.29, 0.717) is 4.90 Å². The molecule has 9 heteroatoms. The Hall–Kier alpha value is -0.990. The normalized spacial score (nSPS) is 14.9. The quantitative estimate of drug-likeness (QED) is 0.445. The minimum atomic E-state index is -4.82. The van der Waals surface area contributed by atoms with E-state index in [1.165, 1.54) is 0 Å². The molecular formula is C9H15F6N3. The molecule has 0 saturated carbocycles. The van der Waals surface area contributed by atoms with Gasteiger partial charge in [-0.2, -0.15) is 26.3 Å². The van der Waals surface area contributed by atoms with E-state index in [-0.39, 0.29) is 13.0 Å². The summed E-state index contributed by atoms with van der Waals surface area (Å²) >= 11 is 0.